The van der Waals surface area contributed by atoms with Crippen LogP contribution in [0.1, 0.15) is 39.2 Å². The van der Waals surface area contributed by atoms with Gasteiger partial charge in [-0.25, -0.2) is 9.78 Å². The van der Waals surface area contributed by atoms with E-state index < -0.39 is 5.60 Å². The summed E-state index contributed by atoms with van der Waals surface area (Å²) in [6.07, 6.45) is 3.62. The van der Waals surface area contributed by atoms with Crippen LogP contribution < -0.4 is 0 Å². The number of piperidine rings is 1. The Morgan fingerprint density at radius 1 is 1.39 bits per heavy atom. The van der Waals surface area contributed by atoms with E-state index in [1.807, 2.05) is 40.1 Å². The molecule has 1 saturated heterocycles. The van der Waals surface area contributed by atoms with Gasteiger partial charge >= 0.3 is 6.09 Å². The van der Waals surface area contributed by atoms with Gasteiger partial charge in [-0.05, 0) is 61.2 Å². The second-order valence-corrected chi connectivity index (χ2v) is 7.90. The van der Waals surface area contributed by atoms with E-state index in [9.17, 15) is 4.79 Å². The number of carbonyl (C=O) groups excluding carboxylic acids is 1. The average Bonchev–Trinajstić information content (AvgIpc) is 2.48. The Kier molecular flexibility index (Phi) is 6.03. The summed E-state index contributed by atoms with van der Waals surface area (Å²) in [7, 11) is 1.84. The summed E-state index contributed by atoms with van der Waals surface area (Å²) in [4.78, 5) is 20.6. The van der Waals surface area contributed by atoms with Crippen molar-refractivity contribution in [2.24, 2.45) is 0 Å². The van der Waals surface area contributed by atoms with Gasteiger partial charge in [0.05, 0.1) is 0 Å². The number of aromatic nitrogens is 1. The number of hydrogen-bond donors (Lipinski definition) is 0. The number of rotatable bonds is 3. The smallest absolute Gasteiger partial charge is 0.410 e. The molecule has 6 heteroatoms. The maximum Gasteiger partial charge on any atom is 0.410 e. The molecule has 0 spiro atoms. The van der Waals surface area contributed by atoms with Crippen molar-refractivity contribution in [1.82, 2.24) is 14.8 Å². The lowest BCUT2D eigenvalue weighted by Crippen LogP contribution is -2.46. The first-order chi connectivity index (χ1) is 10.7. The second-order valence-electron chi connectivity index (χ2n) is 7.09. The fourth-order valence-corrected chi connectivity index (χ4v) is 2.94. The molecule has 1 aliphatic rings. The molecule has 0 N–H and O–H groups in total. The number of nitrogens with zero attached hydrogens (tertiary/aromatic N) is 3. The number of pyridine rings is 1. The molecule has 0 unspecified atom stereocenters. The monoisotopic (exact) mass is 383 g/mol. The number of ether oxygens (including phenoxy) is 1. The zero-order chi connectivity index (χ0) is 17.0. The third-order valence-corrected chi connectivity index (χ3v) is 4.45. The normalized spacial score (nSPS) is 17.1. The summed E-state index contributed by atoms with van der Waals surface area (Å²) >= 11 is 3.35. The highest BCUT2D eigenvalue weighted by Gasteiger charge is 2.28. The fraction of sp³-hybridized carbons (Fsp3) is 0.647. The van der Waals surface area contributed by atoms with Crippen LogP contribution in [0.25, 0.3) is 0 Å². The highest BCUT2D eigenvalue weighted by atomic mass is 79.9. The Balaban J connectivity index is 1.81. The molecule has 1 aromatic heterocycles. The highest BCUT2D eigenvalue weighted by molar-refractivity contribution is 9.10. The van der Waals surface area contributed by atoms with Crippen molar-refractivity contribution in [3.05, 3.63) is 28.5 Å². The van der Waals surface area contributed by atoms with Gasteiger partial charge in [-0.1, -0.05) is 6.07 Å². The Bertz CT molecular complexity index is 520. The summed E-state index contributed by atoms with van der Waals surface area (Å²) in [6.45, 7) is 8.56. The Morgan fingerprint density at radius 2 is 2.04 bits per heavy atom. The number of halogens is 1. The molecule has 5 nitrogen and oxygen atoms in total. The van der Waals surface area contributed by atoms with Crippen LogP contribution in [-0.4, -0.2) is 52.7 Å². The van der Waals surface area contributed by atoms with Crippen LogP contribution in [0.4, 0.5) is 4.79 Å². The lowest BCUT2D eigenvalue weighted by molar-refractivity contribution is 0.0149. The van der Waals surface area contributed by atoms with Crippen LogP contribution in [0.15, 0.2) is 22.9 Å². The fourth-order valence-electron chi connectivity index (χ4n) is 2.71. The molecule has 1 aliphatic heterocycles. The van der Waals surface area contributed by atoms with Crippen LogP contribution in [0, 0.1) is 0 Å². The maximum absolute atomic E-state index is 12.1. The van der Waals surface area contributed by atoms with E-state index in [2.05, 4.69) is 31.9 Å². The van der Waals surface area contributed by atoms with E-state index >= 15 is 0 Å². The predicted octanol–water partition coefficient (Wildman–Crippen LogP) is 3.68. The van der Waals surface area contributed by atoms with Crippen LogP contribution >= 0.6 is 15.9 Å². The zero-order valence-corrected chi connectivity index (χ0v) is 16.0. The van der Waals surface area contributed by atoms with Crippen molar-refractivity contribution >= 4 is 22.0 Å². The Labute approximate surface area is 147 Å². The molecule has 1 amide bonds. The van der Waals surface area contributed by atoms with Crippen LogP contribution in [0.2, 0.25) is 0 Å². The van der Waals surface area contributed by atoms with Crippen LogP contribution in [-0.2, 0) is 11.3 Å². The van der Waals surface area contributed by atoms with E-state index in [1.54, 1.807) is 4.90 Å². The van der Waals surface area contributed by atoms with E-state index in [1.165, 1.54) is 5.56 Å². The van der Waals surface area contributed by atoms with E-state index in [4.69, 9.17) is 4.74 Å². The van der Waals surface area contributed by atoms with E-state index in [-0.39, 0.29) is 12.1 Å². The quantitative estimate of drug-likeness (QED) is 0.746. The molecule has 1 fully saturated rings. The molecule has 0 radical (unpaired) electrons. The zero-order valence-electron chi connectivity index (χ0n) is 14.4. The summed E-state index contributed by atoms with van der Waals surface area (Å²) < 4.78 is 6.31. The third-order valence-electron chi connectivity index (χ3n) is 3.98. The number of hydrogen-bond acceptors (Lipinski definition) is 4. The lowest BCUT2D eigenvalue weighted by Gasteiger charge is -2.37. The van der Waals surface area contributed by atoms with Gasteiger partial charge in [-0.3, -0.25) is 4.90 Å². The van der Waals surface area contributed by atoms with Crippen molar-refractivity contribution in [2.45, 2.75) is 51.8 Å². The molecule has 0 atom stereocenters. The Morgan fingerprint density at radius 3 is 2.57 bits per heavy atom. The van der Waals surface area contributed by atoms with Gasteiger partial charge in [0.25, 0.3) is 0 Å². The summed E-state index contributed by atoms with van der Waals surface area (Å²) in [5, 5.41) is 0. The van der Waals surface area contributed by atoms with Gasteiger partial charge in [0, 0.05) is 38.9 Å². The van der Waals surface area contributed by atoms with Crippen molar-refractivity contribution < 1.29 is 9.53 Å². The summed E-state index contributed by atoms with van der Waals surface area (Å²) in [6, 6.07) is 4.32. The molecular formula is C17H26BrN3O2. The minimum atomic E-state index is -0.444. The average molecular weight is 384 g/mol. The lowest BCUT2D eigenvalue weighted by atomic mass is 10.0. The first-order valence-electron chi connectivity index (χ1n) is 8.03. The van der Waals surface area contributed by atoms with Crippen molar-refractivity contribution in [2.75, 3.05) is 20.1 Å². The largest absolute Gasteiger partial charge is 0.444 e. The molecule has 128 valence electrons. The van der Waals surface area contributed by atoms with Gasteiger partial charge in [-0.15, -0.1) is 0 Å². The van der Waals surface area contributed by atoms with Gasteiger partial charge in [-0.2, -0.15) is 0 Å². The molecule has 0 saturated carbocycles. The van der Waals surface area contributed by atoms with Crippen molar-refractivity contribution in [3.8, 4) is 0 Å². The predicted molar refractivity (Wildman–Crippen MR) is 94.2 cm³/mol. The van der Waals surface area contributed by atoms with Gasteiger partial charge in [0.15, 0.2) is 0 Å². The first-order valence-corrected chi connectivity index (χ1v) is 8.82. The standard InChI is InChI=1S/C17H26BrN3O2/c1-17(2,3)23-16(22)20(4)14-7-9-21(10-8-14)12-13-5-6-15(18)19-11-13/h5-6,11,14H,7-10,12H2,1-4H3. The first kappa shape index (κ1) is 18.2. The molecule has 2 heterocycles. The molecular weight excluding hydrogens is 358 g/mol. The number of carbonyl (C=O) groups is 1. The second kappa shape index (κ2) is 7.62. The molecule has 0 aromatic carbocycles. The van der Waals surface area contributed by atoms with E-state index in [0.717, 1.165) is 37.1 Å². The van der Waals surface area contributed by atoms with Crippen molar-refractivity contribution in [1.29, 1.82) is 0 Å². The summed E-state index contributed by atoms with van der Waals surface area (Å²) in [5.74, 6) is 0. The Hall–Kier alpha value is -1.14. The summed E-state index contributed by atoms with van der Waals surface area (Å²) in [5.41, 5.74) is 0.771. The van der Waals surface area contributed by atoms with Crippen LogP contribution in [0.5, 0.6) is 0 Å². The molecule has 1 aromatic rings. The minimum absolute atomic E-state index is 0.229. The molecule has 23 heavy (non-hydrogen) atoms. The van der Waals surface area contributed by atoms with Gasteiger partial charge in [0.2, 0.25) is 0 Å². The SMILES string of the molecule is CN(C(=O)OC(C)(C)C)C1CCN(Cc2ccc(Br)nc2)CC1. The molecule has 2 rings (SSSR count). The third kappa shape index (κ3) is 5.77. The number of likely N-dealkylation sites (tertiary alicyclic amines) is 1. The molecule has 0 bridgehead atoms. The maximum atomic E-state index is 12.1. The number of amides is 1. The molecule has 0 aliphatic carbocycles. The van der Waals surface area contributed by atoms with Gasteiger partial charge < -0.3 is 9.64 Å². The van der Waals surface area contributed by atoms with Crippen molar-refractivity contribution in [3.63, 3.8) is 0 Å². The highest BCUT2D eigenvalue weighted by Crippen LogP contribution is 2.20. The van der Waals surface area contributed by atoms with Crippen LogP contribution in [0.3, 0.4) is 0 Å². The van der Waals surface area contributed by atoms with E-state index in [0.29, 0.717) is 0 Å². The van der Waals surface area contributed by atoms with Gasteiger partial charge in [0.1, 0.15) is 10.2 Å². The minimum Gasteiger partial charge on any atom is -0.444 e. The topological polar surface area (TPSA) is 45.7 Å².